The number of aryl methyl sites for hydroxylation is 1. The van der Waals surface area contributed by atoms with Crippen LogP contribution in [0.1, 0.15) is 28.5 Å². The van der Waals surface area contributed by atoms with Crippen molar-refractivity contribution in [1.82, 2.24) is 24.1 Å². The number of anilines is 2. The molecule has 12 heteroatoms. The Morgan fingerprint density at radius 3 is 2.67 bits per heavy atom. The fourth-order valence-electron chi connectivity index (χ4n) is 3.50. The van der Waals surface area contributed by atoms with Crippen molar-refractivity contribution in [1.29, 1.82) is 0 Å². The van der Waals surface area contributed by atoms with E-state index in [0.29, 0.717) is 22.4 Å². The minimum Gasteiger partial charge on any atom is -0.337 e. The monoisotopic (exact) mass is 464 g/mol. The Balaban J connectivity index is 1.77. The van der Waals surface area contributed by atoms with Crippen molar-refractivity contribution in [2.75, 3.05) is 5.32 Å². The first-order chi connectivity index (χ1) is 15.7. The summed E-state index contributed by atoms with van der Waals surface area (Å²) in [6.45, 7) is 0.934. The third-order valence-electron chi connectivity index (χ3n) is 4.97. The number of nitrogens with zero attached hydrogens (tertiary/aromatic N) is 5. The molecule has 3 heterocycles. The van der Waals surface area contributed by atoms with Crippen LogP contribution in [0.15, 0.2) is 43.0 Å². The molecule has 0 unspecified atom stereocenters. The average Bonchev–Trinajstić information content (AvgIpc) is 3.37. The number of aromatic nitrogens is 5. The Morgan fingerprint density at radius 2 is 2.00 bits per heavy atom. The summed E-state index contributed by atoms with van der Waals surface area (Å²) < 4.78 is 68.0. The van der Waals surface area contributed by atoms with Gasteiger partial charge in [0.05, 0.1) is 17.5 Å². The number of hydrogen-bond acceptors (Lipinski definition) is 5. The van der Waals surface area contributed by atoms with Crippen LogP contribution >= 0.6 is 0 Å². The molecule has 0 amide bonds. The number of carbonyl (C=O) groups excluding carboxylic acids is 1. The molecule has 4 aromatic rings. The summed E-state index contributed by atoms with van der Waals surface area (Å²) in [5.74, 6) is 0.262. The number of nitrogens with one attached hydrogen (secondary N) is 1. The largest absolute Gasteiger partial charge is 0.435 e. The highest BCUT2D eigenvalue weighted by molar-refractivity contribution is 5.80. The first-order valence-electron chi connectivity index (χ1n) is 9.81. The van der Waals surface area contributed by atoms with Gasteiger partial charge in [0.1, 0.15) is 12.8 Å². The molecular formula is C21H17F5N6O. The normalized spacial score (nSPS) is 12.0. The predicted octanol–water partition coefficient (Wildman–Crippen LogP) is 5.00. The van der Waals surface area contributed by atoms with Crippen molar-refractivity contribution in [2.24, 2.45) is 0 Å². The van der Waals surface area contributed by atoms with Crippen LogP contribution in [0.5, 0.6) is 0 Å². The molecule has 0 atom stereocenters. The molecule has 0 saturated carbocycles. The minimum atomic E-state index is -4.85. The number of aldehydes is 1. The molecule has 0 aliphatic rings. The number of imidazole rings is 1. The van der Waals surface area contributed by atoms with Crippen molar-refractivity contribution in [2.45, 2.75) is 32.5 Å². The van der Waals surface area contributed by atoms with E-state index in [1.54, 1.807) is 18.2 Å². The summed E-state index contributed by atoms with van der Waals surface area (Å²) in [5, 5.41) is 6.38. The molecule has 1 N–H and O–H groups in total. The van der Waals surface area contributed by atoms with Gasteiger partial charge in [-0.15, -0.1) is 0 Å². The number of carbonyl (C=O) groups is 1. The number of fused-ring (bicyclic) bond motifs is 1. The van der Waals surface area contributed by atoms with Gasteiger partial charge in [0, 0.05) is 29.8 Å². The molecule has 0 aliphatic carbocycles. The molecule has 0 bridgehead atoms. The zero-order valence-corrected chi connectivity index (χ0v) is 17.1. The Hall–Kier alpha value is -3.83. The lowest BCUT2D eigenvalue weighted by Crippen LogP contribution is -2.11. The molecule has 0 fully saturated rings. The highest BCUT2D eigenvalue weighted by Gasteiger charge is 2.38. The topological polar surface area (TPSA) is 77.1 Å². The molecule has 0 spiro atoms. The molecule has 0 radical (unpaired) electrons. The maximum absolute atomic E-state index is 13.5. The SMILES string of the molecule is CCc1cc(Nc2nccn3c(-c4cn(CC(F)F)nc4C(F)(F)F)cnc23)ccc1C=O. The zero-order chi connectivity index (χ0) is 23.8. The number of rotatable bonds is 7. The van der Waals surface area contributed by atoms with Gasteiger partial charge in [-0.25, -0.2) is 18.7 Å². The number of halogens is 5. The van der Waals surface area contributed by atoms with E-state index < -0.39 is 24.8 Å². The molecule has 0 aliphatic heterocycles. The smallest absolute Gasteiger partial charge is 0.337 e. The maximum atomic E-state index is 13.5. The first-order valence-corrected chi connectivity index (χ1v) is 9.81. The number of alkyl halides is 5. The van der Waals surface area contributed by atoms with Gasteiger partial charge in [-0.2, -0.15) is 18.3 Å². The van der Waals surface area contributed by atoms with E-state index in [-0.39, 0.29) is 22.7 Å². The fraction of sp³-hybridized carbons (Fsp3) is 0.238. The second kappa shape index (κ2) is 8.60. The minimum absolute atomic E-state index is 0.0221. The summed E-state index contributed by atoms with van der Waals surface area (Å²) in [4.78, 5) is 19.6. The Morgan fingerprint density at radius 1 is 1.21 bits per heavy atom. The van der Waals surface area contributed by atoms with Crippen LogP contribution in [-0.4, -0.2) is 36.9 Å². The van der Waals surface area contributed by atoms with Crippen LogP contribution in [-0.2, 0) is 19.1 Å². The molecule has 7 nitrogen and oxygen atoms in total. The highest BCUT2D eigenvalue weighted by atomic mass is 19.4. The number of hydrogen-bond donors (Lipinski definition) is 1. The fourth-order valence-corrected chi connectivity index (χ4v) is 3.50. The van der Waals surface area contributed by atoms with Gasteiger partial charge in [0.15, 0.2) is 17.2 Å². The summed E-state index contributed by atoms with van der Waals surface area (Å²) >= 11 is 0. The van der Waals surface area contributed by atoms with Crippen molar-refractivity contribution in [3.8, 4) is 11.3 Å². The van der Waals surface area contributed by atoms with Crippen LogP contribution in [0.4, 0.5) is 33.5 Å². The van der Waals surface area contributed by atoms with Crippen LogP contribution in [0.2, 0.25) is 0 Å². The van der Waals surface area contributed by atoms with Gasteiger partial charge in [-0.05, 0) is 30.2 Å². The van der Waals surface area contributed by atoms with E-state index in [0.717, 1.165) is 18.0 Å². The van der Waals surface area contributed by atoms with Crippen LogP contribution in [0.25, 0.3) is 16.9 Å². The van der Waals surface area contributed by atoms with E-state index in [4.69, 9.17) is 0 Å². The van der Waals surface area contributed by atoms with Gasteiger partial charge in [-0.3, -0.25) is 13.9 Å². The molecule has 172 valence electrons. The average molecular weight is 464 g/mol. The van der Waals surface area contributed by atoms with E-state index >= 15 is 0 Å². The third-order valence-corrected chi connectivity index (χ3v) is 4.97. The summed E-state index contributed by atoms with van der Waals surface area (Å²) in [6.07, 6.45) is -1.41. The lowest BCUT2D eigenvalue weighted by Gasteiger charge is -2.10. The van der Waals surface area contributed by atoms with Crippen molar-refractivity contribution < 1.29 is 26.7 Å². The summed E-state index contributed by atoms with van der Waals surface area (Å²) in [6, 6.07) is 5.10. The van der Waals surface area contributed by atoms with Gasteiger partial charge in [0.2, 0.25) is 0 Å². The molecule has 4 rings (SSSR count). The zero-order valence-electron chi connectivity index (χ0n) is 17.1. The first kappa shape index (κ1) is 22.4. The molecule has 0 saturated heterocycles. The second-order valence-electron chi connectivity index (χ2n) is 7.13. The Kier molecular flexibility index (Phi) is 5.83. The van der Waals surface area contributed by atoms with E-state index in [2.05, 4.69) is 20.4 Å². The number of benzene rings is 1. The summed E-state index contributed by atoms with van der Waals surface area (Å²) in [7, 11) is 0. The van der Waals surface area contributed by atoms with Crippen molar-refractivity contribution in [3.05, 3.63) is 59.8 Å². The standard InChI is InChI=1S/C21H17F5N6O/c1-2-12-7-14(4-3-13(12)11-33)29-19-20-28-8-16(32(20)6-5-27-19)15-9-31(10-17(22)23)30-18(15)21(24,25)26/h3-9,11,17H,2,10H2,1H3,(H,27,29). The third kappa shape index (κ3) is 4.41. The predicted molar refractivity (Wildman–Crippen MR) is 110 cm³/mol. The van der Waals surface area contributed by atoms with E-state index in [1.807, 2.05) is 6.92 Å². The van der Waals surface area contributed by atoms with Crippen LogP contribution < -0.4 is 5.32 Å². The van der Waals surface area contributed by atoms with Gasteiger partial charge in [-0.1, -0.05) is 6.92 Å². The molecule has 33 heavy (non-hydrogen) atoms. The highest BCUT2D eigenvalue weighted by Crippen LogP contribution is 2.37. The molecular weight excluding hydrogens is 447 g/mol. The van der Waals surface area contributed by atoms with E-state index in [9.17, 15) is 26.7 Å². The van der Waals surface area contributed by atoms with Crippen molar-refractivity contribution >= 4 is 23.4 Å². The van der Waals surface area contributed by atoms with Crippen LogP contribution in [0, 0.1) is 0 Å². The summed E-state index contributed by atoms with van der Waals surface area (Å²) in [5.41, 5.74) is 0.562. The molecule has 1 aromatic carbocycles. The van der Waals surface area contributed by atoms with E-state index in [1.165, 1.54) is 23.0 Å². The maximum Gasteiger partial charge on any atom is 0.435 e. The van der Waals surface area contributed by atoms with Crippen molar-refractivity contribution in [3.63, 3.8) is 0 Å². The lowest BCUT2D eigenvalue weighted by atomic mass is 10.1. The Bertz CT molecular complexity index is 1310. The quantitative estimate of drug-likeness (QED) is 0.308. The molecule has 3 aromatic heterocycles. The van der Waals surface area contributed by atoms with Gasteiger partial charge in [0.25, 0.3) is 6.43 Å². The lowest BCUT2D eigenvalue weighted by molar-refractivity contribution is -0.141. The van der Waals surface area contributed by atoms with Crippen LogP contribution in [0.3, 0.4) is 0 Å². The Labute approximate surface area is 183 Å². The van der Waals surface area contributed by atoms with Gasteiger partial charge < -0.3 is 5.32 Å². The second-order valence-corrected chi connectivity index (χ2v) is 7.13. The van der Waals surface area contributed by atoms with Gasteiger partial charge >= 0.3 is 6.18 Å².